The number of methoxy groups -OCH3 is 1. The van der Waals surface area contributed by atoms with Crippen molar-refractivity contribution in [3.63, 3.8) is 0 Å². The molecule has 1 aromatic rings. The molecule has 10 heteroatoms. The Balaban J connectivity index is 1.60. The number of ether oxygens (including phenoxy) is 1. The number of carbonyl (C=O) groups is 1. The molecule has 2 aliphatic heterocycles. The molecule has 7 nitrogen and oxygen atoms in total. The van der Waals surface area contributed by atoms with Gasteiger partial charge >= 0.3 is 12.1 Å². The third-order valence-electron chi connectivity index (χ3n) is 4.59. The first-order chi connectivity index (χ1) is 11.4. The first-order valence-corrected chi connectivity index (χ1v) is 7.91. The van der Waals surface area contributed by atoms with Crippen LogP contribution in [0.3, 0.4) is 0 Å². The number of carbonyl (C=O) groups excluding carboxylic acids is 1. The molecule has 1 N–H and O–H groups in total. The van der Waals surface area contributed by atoms with Crippen molar-refractivity contribution in [2.24, 2.45) is 5.92 Å². The summed E-state index contributed by atoms with van der Waals surface area (Å²) >= 11 is 0. The van der Waals surface area contributed by atoms with Crippen LogP contribution in [-0.2, 0) is 28.8 Å². The van der Waals surface area contributed by atoms with E-state index in [1.165, 1.54) is 7.11 Å². The molecule has 0 bridgehead atoms. The lowest BCUT2D eigenvalue weighted by Gasteiger charge is -2.35. The maximum atomic E-state index is 12.8. The molecular weight excluding hydrogens is 327 g/mol. The molecule has 134 valence electrons. The van der Waals surface area contributed by atoms with E-state index >= 15 is 0 Å². The van der Waals surface area contributed by atoms with Crippen LogP contribution < -0.4 is 5.32 Å². The van der Waals surface area contributed by atoms with Crippen LogP contribution in [0.25, 0.3) is 0 Å². The molecule has 0 saturated carbocycles. The summed E-state index contributed by atoms with van der Waals surface area (Å²) in [7, 11) is 1.38. The van der Waals surface area contributed by atoms with E-state index < -0.39 is 12.0 Å². The number of hydrogen-bond acceptors (Lipinski definition) is 6. The van der Waals surface area contributed by atoms with E-state index in [0.717, 1.165) is 17.5 Å². The number of alkyl halides is 3. The minimum absolute atomic E-state index is 0.111. The lowest BCUT2D eigenvalue weighted by molar-refractivity contribution is -0.148. The Morgan fingerprint density at radius 2 is 2.17 bits per heavy atom. The van der Waals surface area contributed by atoms with Crippen molar-refractivity contribution < 1.29 is 22.7 Å². The van der Waals surface area contributed by atoms with Crippen LogP contribution in [0, 0.1) is 5.92 Å². The number of halogens is 3. The molecule has 1 aromatic heterocycles. The number of hydrogen-bond donors (Lipinski definition) is 1. The highest BCUT2D eigenvalue weighted by atomic mass is 19.4. The molecule has 24 heavy (non-hydrogen) atoms. The average molecular weight is 347 g/mol. The molecule has 2 atom stereocenters. The van der Waals surface area contributed by atoms with Crippen LogP contribution in [0.5, 0.6) is 0 Å². The number of rotatable bonds is 3. The van der Waals surface area contributed by atoms with Crippen LogP contribution >= 0.6 is 0 Å². The Hall–Kier alpha value is -1.68. The van der Waals surface area contributed by atoms with Crippen molar-refractivity contribution >= 4 is 5.97 Å². The highest BCUT2D eigenvalue weighted by Gasteiger charge is 2.39. The van der Waals surface area contributed by atoms with Gasteiger partial charge in [0.15, 0.2) is 0 Å². The summed E-state index contributed by atoms with van der Waals surface area (Å²) in [6, 6.07) is 0.111. The van der Waals surface area contributed by atoms with Crippen molar-refractivity contribution in [2.75, 3.05) is 26.7 Å². The second-order valence-electron chi connectivity index (χ2n) is 6.22. The monoisotopic (exact) mass is 347 g/mol. The highest BCUT2D eigenvalue weighted by Crippen LogP contribution is 2.29. The smallest absolute Gasteiger partial charge is 0.451 e. The van der Waals surface area contributed by atoms with E-state index in [4.69, 9.17) is 4.74 Å². The number of esters is 1. The van der Waals surface area contributed by atoms with Gasteiger partial charge in [0.05, 0.1) is 19.6 Å². The molecule has 0 aliphatic carbocycles. The Bertz CT molecular complexity index is 604. The molecule has 0 radical (unpaired) electrons. The normalized spacial score (nSPS) is 25.3. The van der Waals surface area contributed by atoms with Gasteiger partial charge in [-0.2, -0.15) is 13.2 Å². The zero-order chi connectivity index (χ0) is 17.3. The largest absolute Gasteiger partial charge is 0.469 e. The summed E-state index contributed by atoms with van der Waals surface area (Å²) < 4.78 is 44.5. The molecule has 0 amide bonds. The molecule has 1 saturated heterocycles. The summed E-state index contributed by atoms with van der Waals surface area (Å²) in [6.07, 6.45) is -3.07. The molecule has 0 unspecified atom stereocenters. The number of piperidine rings is 1. The Morgan fingerprint density at radius 1 is 1.38 bits per heavy atom. The zero-order valence-electron chi connectivity index (χ0n) is 13.3. The predicted octanol–water partition coefficient (Wildman–Crippen LogP) is 0.654. The molecule has 0 spiro atoms. The van der Waals surface area contributed by atoms with Gasteiger partial charge in [0, 0.05) is 25.7 Å². The van der Waals surface area contributed by atoms with Crippen LogP contribution in [0.15, 0.2) is 0 Å². The first-order valence-electron chi connectivity index (χ1n) is 7.91. The number of nitrogens with one attached hydrogen (secondary N) is 1. The number of nitrogens with zero attached hydrogens (tertiary/aromatic N) is 4. The summed E-state index contributed by atoms with van der Waals surface area (Å²) in [6.45, 7) is 2.41. The molecule has 2 aliphatic rings. The van der Waals surface area contributed by atoms with Gasteiger partial charge in [0.1, 0.15) is 5.82 Å². The van der Waals surface area contributed by atoms with Gasteiger partial charge in [0.2, 0.25) is 5.82 Å². The van der Waals surface area contributed by atoms with Crippen LogP contribution in [0.4, 0.5) is 13.2 Å². The van der Waals surface area contributed by atoms with Gasteiger partial charge < -0.3 is 14.6 Å². The summed E-state index contributed by atoms with van der Waals surface area (Å²) in [4.78, 5) is 13.7. The molecular formula is C14H20F3N5O2. The Morgan fingerprint density at radius 3 is 2.88 bits per heavy atom. The second kappa shape index (κ2) is 6.67. The quantitative estimate of drug-likeness (QED) is 0.810. The van der Waals surface area contributed by atoms with E-state index in [9.17, 15) is 18.0 Å². The maximum Gasteiger partial charge on any atom is 0.451 e. The fraction of sp³-hybridized carbons (Fsp3) is 0.786. The molecule has 3 heterocycles. The lowest BCUT2D eigenvalue weighted by Crippen LogP contribution is -2.49. The Labute approximate surface area is 137 Å². The zero-order valence-corrected chi connectivity index (χ0v) is 13.3. The first kappa shape index (κ1) is 17.2. The molecule has 3 rings (SSSR count). The van der Waals surface area contributed by atoms with Gasteiger partial charge in [-0.05, 0) is 19.4 Å². The Kier molecular flexibility index (Phi) is 4.77. The lowest BCUT2D eigenvalue weighted by atomic mass is 9.92. The van der Waals surface area contributed by atoms with E-state index in [-0.39, 0.29) is 24.5 Å². The summed E-state index contributed by atoms with van der Waals surface area (Å²) in [5, 5.41) is 10.3. The van der Waals surface area contributed by atoms with Crippen LogP contribution in [-0.4, -0.2) is 58.4 Å². The van der Waals surface area contributed by atoms with E-state index in [1.54, 1.807) is 0 Å². The van der Waals surface area contributed by atoms with Crippen molar-refractivity contribution in [3.8, 4) is 0 Å². The van der Waals surface area contributed by atoms with Crippen molar-refractivity contribution in [1.29, 1.82) is 0 Å². The molecule has 1 fully saturated rings. The fourth-order valence-corrected chi connectivity index (χ4v) is 3.41. The third-order valence-corrected chi connectivity index (χ3v) is 4.59. The van der Waals surface area contributed by atoms with Gasteiger partial charge in [-0.3, -0.25) is 9.69 Å². The van der Waals surface area contributed by atoms with Gasteiger partial charge in [-0.1, -0.05) is 0 Å². The van der Waals surface area contributed by atoms with Crippen molar-refractivity contribution in [3.05, 3.63) is 11.6 Å². The standard InChI is InChI=1S/C14H20F3N5O2/c1-24-12(23)9-2-3-18-10(6-9)7-21-4-5-22-11(8-21)19-20-13(22)14(15,16)17/h9-10,18H,2-8H2,1H3/t9-,10-/m1/s1. The average Bonchev–Trinajstić information content (AvgIpc) is 2.97. The van der Waals surface area contributed by atoms with Crippen molar-refractivity contribution in [2.45, 2.75) is 38.1 Å². The van der Waals surface area contributed by atoms with E-state index in [2.05, 4.69) is 15.5 Å². The van der Waals surface area contributed by atoms with Gasteiger partial charge in [-0.25, -0.2) is 0 Å². The second-order valence-corrected chi connectivity index (χ2v) is 6.22. The maximum absolute atomic E-state index is 12.8. The van der Waals surface area contributed by atoms with Gasteiger partial charge in [-0.15, -0.1) is 10.2 Å². The van der Waals surface area contributed by atoms with E-state index in [1.807, 2.05) is 4.90 Å². The van der Waals surface area contributed by atoms with Gasteiger partial charge in [0.25, 0.3) is 0 Å². The SMILES string of the molecule is COC(=O)[C@@H]1CCN[C@@H](CN2CCn3c(nnc3C(F)(F)F)C2)C1. The van der Waals surface area contributed by atoms with Crippen LogP contribution in [0.1, 0.15) is 24.5 Å². The van der Waals surface area contributed by atoms with Crippen molar-refractivity contribution in [1.82, 2.24) is 25.0 Å². The van der Waals surface area contributed by atoms with E-state index in [0.29, 0.717) is 31.9 Å². The molecule has 0 aromatic carbocycles. The minimum atomic E-state index is -4.48. The third kappa shape index (κ3) is 3.54. The topological polar surface area (TPSA) is 72.3 Å². The summed E-state index contributed by atoms with van der Waals surface area (Å²) in [5.41, 5.74) is 0. The fourth-order valence-electron chi connectivity index (χ4n) is 3.41. The minimum Gasteiger partial charge on any atom is -0.469 e. The predicted molar refractivity (Wildman–Crippen MR) is 76.8 cm³/mol. The number of fused-ring (bicyclic) bond motifs is 1. The highest BCUT2D eigenvalue weighted by molar-refractivity contribution is 5.72. The summed E-state index contributed by atoms with van der Waals surface area (Å²) in [5.74, 6) is -0.922. The van der Waals surface area contributed by atoms with Crippen LogP contribution in [0.2, 0.25) is 0 Å². The number of aromatic nitrogens is 3.